The molecule has 0 aliphatic heterocycles. The maximum atomic E-state index is 12.8. The third-order valence-electron chi connectivity index (χ3n) is 3.09. The molecule has 0 fully saturated rings. The molecule has 0 saturated heterocycles. The highest BCUT2D eigenvalue weighted by Crippen LogP contribution is 2.37. The Morgan fingerprint density at radius 1 is 1.17 bits per heavy atom. The number of aromatic nitrogens is 1. The van der Waals surface area contributed by atoms with Gasteiger partial charge in [0.15, 0.2) is 10.8 Å². The highest BCUT2D eigenvalue weighted by Gasteiger charge is 2.39. The average molecular weight is 344 g/mol. The van der Waals surface area contributed by atoms with Crippen LogP contribution in [0.1, 0.15) is 41.7 Å². The second-order valence-corrected chi connectivity index (χ2v) is 6.95. The minimum absolute atomic E-state index is 0.0420. The Morgan fingerprint density at radius 2 is 1.74 bits per heavy atom. The Bertz CT molecular complexity index is 716. The van der Waals surface area contributed by atoms with Crippen molar-refractivity contribution in [2.45, 2.75) is 32.4 Å². The van der Waals surface area contributed by atoms with Gasteiger partial charge in [-0.05, 0) is 23.1 Å². The molecule has 0 unspecified atom stereocenters. The molecule has 2 aromatic rings. The maximum absolute atomic E-state index is 12.8. The predicted octanol–water partition coefficient (Wildman–Crippen LogP) is 4.90. The number of hydrogen-bond acceptors (Lipinski definition) is 4. The number of rotatable bonds is 3. The van der Waals surface area contributed by atoms with Gasteiger partial charge in [-0.25, -0.2) is 9.78 Å². The van der Waals surface area contributed by atoms with Crippen molar-refractivity contribution in [3.8, 4) is 0 Å². The lowest BCUT2D eigenvalue weighted by Gasteiger charge is -2.19. The minimum atomic E-state index is -4.81. The Labute approximate surface area is 135 Å². The van der Waals surface area contributed by atoms with Crippen molar-refractivity contribution >= 4 is 28.1 Å². The summed E-state index contributed by atoms with van der Waals surface area (Å²) in [7, 11) is 0. The Hall–Kier alpha value is -2.09. The van der Waals surface area contributed by atoms with Gasteiger partial charge < -0.3 is 10.4 Å². The first-order valence-electron chi connectivity index (χ1n) is 6.67. The van der Waals surface area contributed by atoms with Crippen molar-refractivity contribution < 1.29 is 23.1 Å². The van der Waals surface area contributed by atoms with Crippen LogP contribution in [0.15, 0.2) is 24.3 Å². The van der Waals surface area contributed by atoms with E-state index in [1.165, 1.54) is 0 Å². The first kappa shape index (κ1) is 17.3. The fourth-order valence-electron chi connectivity index (χ4n) is 1.89. The number of benzene rings is 1. The molecular weight excluding hydrogens is 329 g/mol. The van der Waals surface area contributed by atoms with E-state index in [4.69, 9.17) is 5.11 Å². The molecule has 124 valence electrons. The van der Waals surface area contributed by atoms with E-state index < -0.39 is 22.7 Å². The van der Waals surface area contributed by atoms with Crippen LogP contribution in [0.2, 0.25) is 0 Å². The summed E-state index contributed by atoms with van der Waals surface area (Å²) in [5.74, 6) is -1.65. The molecule has 0 saturated carbocycles. The molecule has 1 heterocycles. The van der Waals surface area contributed by atoms with Crippen molar-refractivity contribution in [2.75, 3.05) is 5.32 Å². The van der Waals surface area contributed by atoms with Gasteiger partial charge >= 0.3 is 12.1 Å². The van der Waals surface area contributed by atoms with E-state index in [0.29, 0.717) is 17.0 Å². The van der Waals surface area contributed by atoms with Crippen LogP contribution >= 0.6 is 11.3 Å². The van der Waals surface area contributed by atoms with Crippen LogP contribution in [0, 0.1) is 0 Å². The van der Waals surface area contributed by atoms with Crippen molar-refractivity contribution in [1.29, 1.82) is 0 Å². The van der Waals surface area contributed by atoms with Crippen LogP contribution in [0.3, 0.4) is 0 Å². The molecule has 0 bridgehead atoms. The van der Waals surface area contributed by atoms with Gasteiger partial charge in [0, 0.05) is 5.69 Å². The molecule has 0 spiro atoms. The number of alkyl halides is 3. The first-order valence-corrected chi connectivity index (χ1v) is 7.49. The summed E-state index contributed by atoms with van der Waals surface area (Å²) in [6.45, 7) is 6.14. The van der Waals surface area contributed by atoms with Gasteiger partial charge in [0.25, 0.3) is 0 Å². The van der Waals surface area contributed by atoms with Crippen molar-refractivity contribution in [3.05, 3.63) is 40.4 Å². The lowest BCUT2D eigenvalue weighted by Crippen LogP contribution is -2.11. The second-order valence-electron chi connectivity index (χ2n) is 5.95. The molecule has 4 nitrogen and oxygen atoms in total. The maximum Gasteiger partial charge on any atom is 0.435 e. The van der Waals surface area contributed by atoms with E-state index in [1.54, 1.807) is 12.1 Å². The summed E-state index contributed by atoms with van der Waals surface area (Å²) in [5, 5.41) is 11.5. The van der Waals surface area contributed by atoms with Crippen LogP contribution in [-0.2, 0) is 11.6 Å². The lowest BCUT2D eigenvalue weighted by atomic mass is 9.87. The van der Waals surface area contributed by atoms with Crippen molar-refractivity contribution in [3.63, 3.8) is 0 Å². The Kier molecular flexibility index (Phi) is 4.39. The van der Waals surface area contributed by atoms with Crippen LogP contribution in [-0.4, -0.2) is 16.1 Å². The normalized spacial score (nSPS) is 12.3. The van der Waals surface area contributed by atoms with Gasteiger partial charge in [0.05, 0.1) is 0 Å². The van der Waals surface area contributed by atoms with E-state index in [2.05, 4.69) is 10.3 Å². The Balaban J connectivity index is 2.29. The topological polar surface area (TPSA) is 62.2 Å². The van der Waals surface area contributed by atoms with Gasteiger partial charge in [-0.2, -0.15) is 13.2 Å². The predicted molar refractivity (Wildman–Crippen MR) is 82.5 cm³/mol. The number of halogens is 3. The molecule has 2 rings (SSSR count). The summed E-state index contributed by atoms with van der Waals surface area (Å²) in [4.78, 5) is 13.5. The van der Waals surface area contributed by atoms with Crippen LogP contribution in [0.25, 0.3) is 0 Å². The summed E-state index contributed by atoms with van der Waals surface area (Å²) in [6.07, 6.45) is -4.81. The molecule has 0 amide bonds. The second kappa shape index (κ2) is 5.84. The van der Waals surface area contributed by atoms with Gasteiger partial charge in [-0.1, -0.05) is 44.2 Å². The lowest BCUT2D eigenvalue weighted by molar-refractivity contribution is -0.141. The number of carboxylic acid groups (broad SMARTS) is 1. The zero-order chi connectivity index (χ0) is 17.4. The van der Waals surface area contributed by atoms with E-state index in [1.807, 2.05) is 32.9 Å². The average Bonchev–Trinajstić information content (AvgIpc) is 2.82. The molecule has 23 heavy (non-hydrogen) atoms. The molecule has 2 N–H and O–H groups in total. The number of carbonyl (C=O) groups is 1. The molecule has 0 radical (unpaired) electrons. The fraction of sp³-hybridized carbons (Fsp3) is 0.333. The zero-order valence-electron chi connectivity index (χ0n) is 12.7. The summed E-state index contributed by atoms with van der Waals surface area (Å²) < 4.78 is 38.4. The molecule has 0 atom stereocenters. The molecule has 1 aromatic heterocycles. The molecule has 8 heteroatoms. The number of anilines is 2. The molecule has 0 aliphatic rings. The minimum Gasteiger partial charge on any atom is -0.477 e. The quantitative estimate of drug-likeness (QED) is 0.831. The number of nitrogens with zero attached hydrogens (tertiary/aromatic N) is 1. The monoisotopic (exact) mass is 344 g/mol. The number of nitrogens with one attached hydrogen (secondary N) is 1. The third kappa shape index (κ3) is 4.01. The van der Waals surface area contributed by atoms with Gasteiger partial charge in [0.2, 0.25) is 0 Å². The zero-order valence-corrected chi connectivity index (χ0v) is 13.5. The smallest absolute Gasteiger partial charge is 0.435 e. The number of carboxylic acids is 1. The van der Waals surface area contributed by atoms with Gasteiger partial charge in [-0.3, -0.25) is 0 Å². The number of hydrogen-bond donors (Lipinski definition) is 2. The number of aromatic carboxylic acids is 1. The van der Waals surface area contributed by atoms with Crippen LogP contribution in [0.5, 0.6) is 0 Å². The van der Waals surface area contributed by atoms with Gasteiger partial charge in [-0.15, -0.1) is 0 Å². The highest BCUT2D eigenvalue weighted by molar-refractivity contribution is 7.17. The molecular formula is C15H15F3N2O2S. The summed E-state index contributed by atoms with van der Waals surface area (Å²) in [6, 6.07) is 7.16. The van der Waals surface area contributed by atoms with E-state index in [9.17, 15) is 18.0 Å². The fourth-order valence-corrected chi connectivity index (χ4v) is 2.73. The van der Waals surface area contributed by atoms with E-state index >= 15 is 0 Å². The van der Waals surface area contributed by atoms with Crippen molar-refractivity contribution in [2.24, 2.45) is 0 Å². The first-order chi connectivity index (χ1) is 10.5. The number of thiazole rings is 1. The van der Waals surface area contributed by atoms with Crippen LogP contribution < -0.4 is 5.32 Å². The van der Waals surface area contributed by atoms with E-state index in [0.717, 1.165) is 5.56 Å². The van der Waals surface area contributed by atoms with E-state index in [-0.39, 0.29) is 10.5 Å². The molecule has 1 aromatic carbocycles. The van der Waals surface area contributed by atoms with Gasteiger partial charge in [0.1, 0.15) is 4.88 Å². The van der Waals surface area contributed by atoms with Crippen LogP contribution in [0.4, 0.5) is 24.0 Å². The standard InChI is InChI=1S/C15H15F3N2O2S/c1-14(2,3)8-4-6-9(7-5-8)19-13-20-11(15(16,17)18)10(23-13)12(21)22/h4-7H,1-3H3,(H,19,20)(H,21,22). The summed E-state index contributed by atoms with van der Waals surface area (Å²) >= 11 is 0.457. The summed E-state index contributed by atoms with van der Waals surface area (Å²) in [5.41, 5.74) is 0.185. The molecule has 0 aliphatic carbocycles. The van der Waals surface area contributed by atoms with Crippen molar-refractivity contribution in [1.82, 2.24) is 4.98 Å². The Morgan fingerprint density at radius 3 is 2.13 bits per heavy atom. The highest BCUT2D eigenvalue weighted by atomic mass is 32.1. The largest absolute Gasteiger partial charge is 0.477 e. The third-order valence-corrected chi connectivity index (χ3v) is 4.05. The SMILES string of the molecule is CC(C)(C)c1ccc(Nc2nc(C(F)(F)F)c(C(=O)O)s2)cc1.